The van der Waals surface area contributed by atoms with Crippen LogP contribution >= 0.6 is 46.4 Å². The van der Waals surface area contributed by atoms with Crippen molar-refractivity contribution in [2.24, 2.45) is 10.7 Å². The van der Waals surface area contributed by atoms with Crippen molar-refractivity contribution in [2.75, 3.05) is 0 Å². The Morgan fingerprint density at radius 3 is 2.13 bits per heavy atom. The van der Waals surface area contributed by atoms with Gasteiger partial charge in [0.1, 0.15) is 6.34 Å². The minimum atomic E-state index is -1.12. The van der Waals surface area contributed by atoms with E-state index in [1.54, 1.807) is 30.3 Å². The third kappa shape index (κ3) is 3.41. The quantitative estimate of drug-likeness (QED) is 0.611. The molecule has 0 fully saturated rings. The minimum Gasteiger partial charge on any atom is -0.344 e. The van der Waals surface area contributed by atoms with Gasteiger partial charge in [-0.05, 0) is 24.3 Å². The van der Waals surface area contributed by atoms with Crippen LogP contribution in [0.3, 0.4) is 0 Å². The summed E-state index contributed by atoms with van der Waals surface area (Å²) in [6, 6.07) is 8.52. The Morgan fingerprint density at radius 1 is 0.957 bits per heavy atom. The lowest BCUT2D eigenvalue weighted by Gasteiger charge is -2.22. The maximum Gasteiger partial charge on any atom is 0.206 e. The van der Waals surface area contributed by atoms with Gasteiger partial charge in [0.15, 0.2) is 0 Å². The number of nitrogens with one attached hydrogen (secondary N) is 2. The van der Waals surface area contributed by atoms with Gasteiger partial charge in [0.2, 0.25) is 5.79 Å². The van der Waals surface area contributed by atoms with E-state index in [0.717, 1.165) is 0 Å². The summed E-state index contributed by atoms with van der Waals surface area (Å²) in [5.74, 6) is -1.12. The summed E-state index contributed by atoms with van der Waals surface area (Å²) in [6.45, 7) is 0. The van der Waals surface area contributed by atoms with E-state index in [4.69, 9.17) is 52.1 Å². The molecule has 0 saturated carbocycles. The van der Waals surface area contributed by atoms with E-state index in [0.29, 0.717) is 36.8 Å². The normalized spacial score (nSPS) is 19.3. The monoisotopic (exact) mass is 391 g/mol. The van der Waals surface area contributed by atoms with Crippen LogP contribution in [0.15, 0.2) is 35.3 Å². The number of aliphatic imine (C=N–C) groups is 1. The zero-order valence-corrected chi connectivity index (χ0v) is 14.7. The Morgan fingerprint density at radius 2 is 1.61 bits per heavy atom. The predicted molar refractivity (Wildman–Crippen MR) is 97.6 cm³/mol. The second-order valence-corrected chi connectivity index (χ2v) is 6.39. The van der Waals surface area contributed by atoms with Crippen molar-refractivity contribution in [2.45, 2.75) is 5.79 Å². The number of hydrogen-bond donors (Lipinski definition) is 4. The third-order valence-electron chi connectivity index (χ3n) is 3.28. The van der Waals surface area contributed by atoms with Gasteiger partial charge in [0.05, 0.1) is 10.0 Å². The molecule has 3 rings (SSSR count). The maximum absolute atomic E-state index is 6.39. The van der Waals surface area contributed by atoms with Crippen molar-refractivity contribution in [3.63, 3.8) is 0 Å². The lowest BCUT2D eigenvalue weighted by Crippen LogP contribution is -2.49. The Bertz CT molecular complexity index is 757. The fourth-order valence-corrected chi connectivity index (χ4v) is 3.39. The van der Waals surface area contributed by atoms with Gasteiger partial charge in [0, 0.05) is 26.7 Å². The number of rotatable bonds is 2. The van der Waals surface area contributed by atoms with E-state index >= 15 is 0 Å². The van der Waals surface area contributed by atoms with Gasteiger partial charge in [-0.25, -0.2) is 4.99 Å². The highest BCUT2D eigenvalue weighted by Crippen LogP contribution is 2.41. The zero-order valence-electron chi connectivity index (χ0n) is 11.7. The first-order valence-electron chi connectivity index (χ1n) is 6.21. The Labute approximate surface area is 153 Å². The Balaban J connectivity index is 0.00000192. The molecule has 1 atom stereocenters. The maximum atomic E-state index is 6.39. The average Bonchev–Trinajstić information content (AvgIpc) is 2.88. The van der Waals surface area contributed by atoms with E-state index in [1.807, 2.05) is 0 Å². The number of halogens is 4. The number of benzene rings is 2. The molecule has 0 spiro atoms. The summed E-state index contributed by atoms with van der Waals surface area (Å²) >= 11 is 24.9. The number of hydrazine groups is 1. The Kier molecular flexibility index (Phi) is 5.43. The molecule has 7 N–H and O–H groups in total. The summed E-state index contributed by atoms with van der Waals surface area (Å²) in [7, 11) is 0. The second-order valence-electron chi connectivity index (χ2n) is 4.73. The lowest BCUT2D eigenvalue weighted by atomic mass is 10.0. The number of hydrogen-bond acceptors (Lipinski definition) is 5. The topological polar surface area (TPSA) is 97.4 Å². The molecule has 0 aromatic heterocycles. The molecule has 1 unspecified atom stereocenters. The van der Waals surface area contributed by atoms with Gasteiger partial charge >= 0.3 is 0 Å². The third-order valence-corrected chi connectivity index (χ3v) is 4.42. The lowest BCUT2D eigenvalue weighted by molar-refractivity contribution is 0.375. The van der Waals surface area contributed by atoms with Crippen molar-refractivity contribution in [3.05, 3.63) is 56.0 Å². The molecule has 23 heavy (non-hydrogen) atoms. The molecule has 2 aromatic carbocycles. The van der Waals surface area contributed by atoms with Gasteiger partial charge < -0.3 is 11.6 Å². The van der Waals surface area contributed by atoms with E-state index in [1.165, 1.54) is 6.34 Å². The summed E-state index contributed by atoms with van der Waals surface area (Å²) in [6.07, 6.45) is 1.46. The second kappa shape index (κ2) is 6.83. The van der Waals surface area contributed by atoms with Crippen LogP contribution in [0, 0.1) is 0 Å². The molecule has 2 aromatic rings. The average molecular weight is 393 g/mol. The van der Waals surface area contributed by atoms with Gasteiger partial charge in [-0.15, -0.1) is 0 Å². The molecule has 0 radical (unpaired) electrons. The smallest absolute Gasteiger partial charge is 0.206 e. The summed E-state index contributed by atoms with van der Waals surface area (Å²) < 4.78 is 0. The van der Waals surface area contributed by atoms with Crippen molar-refractivity contribution in [1.82, 2.24) is 17.0 Å². The van der Waals surface area contributed by atoms with Crippen LogP contribution in [0.2, 0.25) is 20.1 Å². The molecule has 1 heterocycles. The van der Waals surface area contributed by atoms with Crippen LogP contribution < -0.4 is 22.7 Å². The van der Waals surface area contributed by atoms with Crippen LogP contribution in [-0.4, -0.2) is 6.34 Å². The molecular weight excluding hydrogens is 380 g/mol. The van der Waals surface area contributed by atoms with Gasteiger partial charge in [-0.3, -0.25) is 5.73 Å². The van der Waals surface area contributed by atoms with Crippen molar-refractivity contribution in [1.29, 1.82) is 0 Å². The summed E-state index contributed by atoms with van der Waals surface area (Å²) in [4.78, 5) is 4.12. The molecule has 0 saturated heterocycles. The van der Waals surface area contributed by atoms with Crippen LogP contribution in [0.4, 0.5) is 0 Å². The number of nitrogens with zero attached hydrogens (tertiary/aromatic N) is 1. The molecular formula is C14H13Cl4N5. The van der Waals surface area contributed by atoms with Gasteiger partial charge in [-0.1, -0.05) is 52.5 Å². The van der Waals surface area contributed by atoms with E-state index in [9.17, 15) is 0 Å². The minimum absolute atomic E-state index is 0. The van der Waals surface area contributed by atoms with Crippen LogP contribution in [0.5, 0.6) is 0 Å². The Hall–Kier alpha value is -1.05. The largest absolute Gasteiger partial charge is 0.344 e. The molecule has 0 aliphatic carbocycles. The highest BCUT2D eigenvalue weighted by atomic mass is 35.5. The number of nitrogens with two attached hydrogens (primary N) is 1. The van der Waals surface area contributed by atoms with Crippen molar-refractivity contribution >= 4 is 52.7 Å². The molecule has 0 bridgehead atoms. The van der Waals surface area contributed by atoms with E-state index < -0.39 is 5.79 Å². The van der Waals surface area contributed by atoms with E-state index in [-0.39, 0.29) is 6.15 Å². The first kappa shape index (κ1) is 18.3. The molecule has 1 aliphatic rings. The van der Waals surface area contributed by atoms with Crippen molar-refractivity contribution < 1.29 is 0 Å². The molecule has 122 valence electrons. The fraction of sp³-hybridized carbons (Fsp3) is 0.0714. The molecule has 5 nitrogen and oxygen atoms in total. The fourth-order valence-electron chi connectivity index (χ4n) is 2.20. The first-order chi connectivity index (χ1) is 10.4. The predicted octanol–water partition coefficient (Wildman–Crippen LogP) is 4.33. The highest BCUT2D eigenvalue weighted by molar-refractivity contribution is 6.41. The molecule has 9 heteroatoms. The van der Waals surface area contributed by atoms with Crippen LogP contribution in [0.1, 0.15) is 5.56 Å². The van der Waals surface area contributed by atoms with Crippen molar-refractivity contribution in [3.8, 4) is 11.1 Å². The SMILES string of the molecule is N.NC1(c2cc(Cl)c(-c3ccc(Cl)cc3Cl)c(Cl)c2)N=CNN1. The van der Waals surface area contributed by atoms with Crippen LogP contribution in [-0.2, 0) is 5.79 Å². The van der Waals surface area contributed by atoms with Crippen LogP contribution in [0.25, 0.3) is 11.1 Å². The summed E-state index contributed by atoms with van der Waals surface area (Å²) in [5.41, 5.74) is 13.6. The molecule has 1 aliphatic heterocycles. The zero-order chi connectivity index (χ0) is 15.9. The summed E-state index contributed by atoms with van der Waals surface area (Å²) in [5, 5.41) is 1.83. The molecule has 0 amide bonds. The van der Waals surface area contributed by atoms with Gasteiger partial charge in [0.25, 0.3) is 0 Å². The van der Waals surface area contributed by atoms with Gasteiger partial charge in [-0.2, -0.15) is 5.43 Å². The first-order valence-corrected chi connectivity index (χ1v) is 7.72. The van der Waals surface area contributed by atoms with E-state index in [2.05, 4.69) is 15.8 Å². The highest BCUT2D eigenvalue weighted by Gasteiger charge is 2.30. The standard InChI is InChI=1S/C14H10Cl4N4.H3N/c15-8-1-2-9(10(16)5-8)13-11(17)3-7(4-12(13)18)14(19)20-6-21-22-14;/h1-6,22H,19H2,(H,20,21);1H3.